The maximum absolute atomic E-state index is 12.6. The van der Waals surface area contributed by atoms with Gasteiger partial charge in [0.15, 0.2) is 0 Å². The van der Waals surface area contributed by atoms with Crippen LogP contribution >= 0.6 is 0 Å². The number of aryl methyl sites for hydroxylation is 1. The minimum atomic E-state index is -0.615. The van der Waals surface area contributed by atoms with Crippen molar-refractivity contribution in [3.05, 3.63) is 59.5 Å². The first-order valence-electron chi connectivity index (χ1n) is 8.11. The third kappa shape index (κ3) is 4.47. The van der Waals surface area contributed by atoms with E-state index >= 15 is 0 Å². The van der Waals surface area contributed by atoms with Crippen molar-refractivity contribution in [2.75, 3.05) is 0 Å². The Hall–Kier alpha value is -2.56. The summed E-state index contributed by atoms with van der Waals surface area (Å²) >= 11 is 0. The van der Waals surface area contributed by atoms with Gasteiger partial charge in [-0.1, -0.05) is 32.0 Å². The molecule has 0 aliphatic heterocycles. The molecule has 2 N–H and O–H groups in total. The lowest BCUT2D eigenvalue weighted by Crippen LogP contribution is -2.50. The van der Waals surface area contributed by atoms with E-state index in [1.807, 2.05) is 45.9 Å². The Kier molecular flexibility index (Phi) is 5.79. The summed E-state index contributed by atoms with van der Waals surface area (Å²) in [5, 5.41) is 5.71. The van der Waals surface area contributed by atoms with Crippen LogP contribution in [0.4, 0.5) is 0 Å². The Bertz CT molecular complexity index is 692. The summed E-state index contributed by atoms with van der Waals surface area (Å²) in [5.74, 6) is 0.964. The largest absolute Gasteiger partial charge is 0.464 e. The number of nitrogens with one attached hydrogen (secondary N) is 2. The zero-order valence-electron chi connectivity index (χ0n) is 14.5. The van der Waals surface area contributed by atoms with Gasteiger partial charge in [0.25, 0.3) is 5.91 Å². The minimum Gasteiger partial charge on any atom is -0.464 e. The van der Waals surface area contributed by atoms with Gasteiger partial charge >= 0.3 is 0 Å². The number of hydrogen-bond acceptors (Lipinski definition) is 3. The van der Waals surface area contributed by atoms with E-state index in [1.54, 1.807) is 24.3 Å². The molecule has 0 saturated carbocycles. The number of rotatable bonds is 6. The lowest BCUT2D eigenvalue weighted by molar-refractivity contribution is -0.124. The van der Waals surface area contributed by atoms with E-state index in [9.17, 15) is 9.59 Å². The Morgan fingerprint density at radius 1 is 0.958 bits per heavy atom. The van der Waals surface area contributed by atoms with E-state index in [2.05, 4.69) is 10.6 Å². The molecular formula is C19H24N2O3. The molecule has 0 aliphatic rings. The fourth-order valence-electron chi connectivity index (χ4n) is 2.41. The lowest BCUT2D eigenvalue weighted by Gasteiger charge is -2.23. The van der Waals surface area contributed by atoms with Crippen molar-refractivity contribution >= 4 is 11.8 Å². The molecule has 128 valence electrons. The highest BCUT2D eigenvalue weighted by Gasteiger charge is 2.26. The van der Waals surface area contributed by atoms with Crippen molar-refractivity contribution in [2.24, 2.45) is 5.92 Å². The Morgan fingerprint density at radius 3 is 2.17 bits per heavy atom. The summed E-state index contributed by atoms with van der Waals surface area (Å²) in [6, 6.07) is 11.7. The number of carbonyl (C=O) groups is 2. The highest BCUT2D eigenvalue weighted by molar-refractivity contribution is 5.97. The molecule has 2 amide bonds. The maximum Gasteiger partial charge on any atom is 0.251 e. The fourth-order valence-corrected chi connectivity index (χ4v) is 2.41. The van der Waals surface area contributed by atoms with Crippen molar-refractivity contribution in [1.29, 1.82) is 0 Å². The van der Waals surface area contributed by atoms with Gasteiger partial charge in [-0.15, -0.1) is 0 Å². The highest BCUT2D eigenvalue weighted by Crippen LogP contribution is 2.16. The van der Waals surface area contributed by atoms with Crippen molar-refractivity contribution < 1.29 is 14.0 Å². The highest BCUT2D eigenvalue weighted by atomic mass is 16.3. The molecule has 2 unspecified atom stereocenters. The van der Waals surface area contributed by atoms with Crippen LogP contribution in [0.2, 0.25) is 0 Å². The van der Waals surface area contributed by atoms with E-state index < -0.39 is 6.04 Å². The van der Waals surface area contributed by atoms with Gasteiger partial charge in [0.1, 0.15) is 17.6 Å². The van der Waals surface area contributed by atoms with Crippen LogP contribution in [0, 0.1) is 12.8 Å². The molecule has 5 nitrogen and oxygen atoms in total. The molecule has 0 bridgehead atoms. The van der Waals surface area contributed by atoms with Crippen LogP contribution in [-0.4, -0.2) is 17.9 Å². The molecule has 0 aliphatic carbocycles. The Labute approximate surface area is 142 Å². The Morgan fingerprint density at radius 2 is 1.62 bits per heavy atom. The van der Waals surface area contributed by atoms with E-state index in [-0.39, 0.29) is 23.8 Å². The molecule has 0 saturated heterocycles. The third-order valence-corrected chi connectivity index (χ3v) is 3.82. The second-order valence-corrected chi connectivity index (χ2v) is 6.24. The lowest BCUT2D eigenvalue weighted by atomic mass is 10.0. The molecule has 1 heterocycles. The number of furan rings is 1. The van der Waals surface area contributed by atoms with Gasteiger partial charge in [-0.05, 0) is 44.0 Å². The zero-order chi connectivity index (χ0) is 17.7. The summed E-state index contributed by atoms with van der Waals surface area (Å²) in [4.78, 5) is 24.9. The second-order valence-electron chi connectivity index (χ2n) is 6.24. The van der Waals surface area contributed by atoms with Gasteiger partial charge in [0.2, 0.25) is 5.91 Å². The average Bonchev–Trinajstić information content (AvgIpc) is 2.99. The Balaban J connectivity index is 2.04. The van der Waals surface area contributed by atoms with Crippen LogP contribution in [0.3, 0.4) is 0 Å². The molecule has 0 radical (unpaired) electrons. The zero-order valence-corrected chi connectivity index (χ0v) is 14.5. The van der Waals surface area contributed by atoms with Crippen LogP contribution in [0.15, 0.2) is 46.9 Å². The molecule has 0 spiro atoms. The minimum absolute atomic E-state index is 0.0387. The van der Waals surface area contributed by atoms with Crippen LogP contribution in [0.1, 0.15) is 48.7 Å². The first-order valence-corrected chi connectivity index (χ1v) is 8.11. The van der Waals surface area contributed by atoms with Crippen molar-refractivity contribution in [3.8, 4) is 0 Å². The first-order chi connectivity index (χ1) is 11.4. The van der Waals surface area contributed by atoms with Crippen LogP contribution < -0.4 is 10.6 Å². The number of amides is 2. The predicted molar refractivity (Wildman–Crippen MR) is 92.5 cm³/mol. The summed E-state index contributed by atoms with van der Waals surface area (Å²) < 4.78 is 5.53. The molecule has 24 heavy (non-hydrogen) atoms. The SMILES string of the molecule is Cc1ccc(C(C)NC(=O)C(NC(=O)c2ccccc2)C(C)C)o1. The summed E-state index contributed by atoms with van der Waals surface area (Å²) in [6.07, 6.45) is 0. The number of carbonyl (C=O) groups excluding carboxylic acids is 2. The van der Waals surface area contributed by atoms with Crippen molar-refractivity contribution in [3.63, 3.8) is 0 Å². The number of hydrogen-bond donors (Lipinski definition) is 2. The standard InChI is InChI=1S/C19H24N2O3/c1-12(2)17(21-18(22)15-8-6-5-7-9-15)19(23)20-14(4)16-11-10-13(3)24-16/h5-12,14,17H,1-4H3,(H,20,23)(H,21,22). The predicted octanol–water partition coefficient (Wildman–Crippen LogP) is 3.22. The topological polar surface area (TPSA) is 71.3 Å². The molecule has 2 rings (SSSR count). The molecule has 1 aromatic heterocycles. The summed E-state index contributed by atoms with van der Waals surface area (Å²) in [5.41, 5.74) is 0.533. The van der Waals surface area contributed by atoms with Crippen LogP contribution in [0.25, 0.3) is 0 Å². The van der Waals surface area contributed by atoms with Crippen LogP contribution in [-0.2, 0) is 4.79 Å². The van der Waals surface area contributed by atoms with Crippen molar-refractivity contribution in [1.82, 2.24) is 10.6 Å². The molecular weight excluding hydrogens is 304 g/mol. The normalized spacial score (nSPS) is 13.4. The number of benzene rings is 1. The van der Waals surface area contributed by atoms with Gasteiger partial charge < -0.3 is 15.1 Å². The maximum atomic E-state index is 12.6. The third-order valence-electron chi connectivity index (χ3n) is 3.82. The van der Waals surface area contributed by atoms with Gasteiger partial charge in [-0.3, -0.25) is 9.59 Å². The molecule has 1 aromatic carbocycles. The van der Waals surface area contributed by atoms with Gasteiger partial charge in [0, 0.05) is 5.56 Å². The quantitative estimate of drug-likeness (QED) is 0.855. The van der Waals surface area contributed by atoms with Crippen LogP contribution in [0.5, 0.6) is 0 Å². The van der Waals surface area contributed by atoms with E-state index in [4.69, 9.17) is 4.42 Å². The van der Waals surface area contributed by atoms with Gasteiger partial charge in [-0.25, -0.2) is 0 Å². The second kappa shape index (κ2) is 7.81. The van der Waals surface area contributed by atoms with Gasteiger partial charge in [-0.2, -0.15) is 0 Å². The smallest absolute Gasteiger partial charge is 0.251 e. The monoisotopic (exact) mass is 328 g/mol. The summed E-state index contributed by atoms with van der Waals surface area (Å²) in [6.45, 7) is 7.51. The van der Waals surface area contributed by atoms with Gasteiger partial charge in [0.05, 0.1) is 6.04 Å². The molecule has 5 heteroatoms. The van der Waals surface area contributed by atoms with E-state index in [0.717, 1.165) is 5.76 Å². The summed E-state index contributed by atoms with van der Waals surface area (Å²) in [7, 11) is 0. The molecule has 2 aromatic rings. The average molecular weight is 328 g/mol. The molecule has 2 atom stereocenters. The first kappa shape index (κ1) is 17.8. The molecule has 0 fully saturated rings. The fraction of sp³-hybridized carbons (Fsp3) is 0.368. The van der Waals surface area contributed by atoms with Crippen molar-refractivity contribution in [2.45, 2.75) is 39.8 Å². The van der Waals surface area contributed by atoms with E-state index in [0.29, 0.717) is 11.3 Å². The van der Waals surface area contributed by atoms with E-state index in [1.165, 1.54) is 0 Å².